The molecule has 0 aromatic carbocycles. The van der Waals surface area contributed by atoms with Crippen molar-refractivity contribution in [2.75, 3.05) is 6.61 Å². The van der Waals surface area contributed by atoms with Crippen molar-refractivity contribution >= 4 is 11.8 Å². The van der Waals surface area contributed by atoms with Crippen LogP contribution < -0.4 is 0 Å². The van der Waals surface area contributed by atoms with Crippen molar-refractivity contribution in [1.82, 2.24) is 4.98 Å². The van der Waals surface area contributed by atoms with Crippen LogP contribution in [0.1, 0.15) is 34.7 Å². The van der Waals surface area contributed by atoms with E-state index < -0.39 is 5.97 Å². The van der Waals surface area contributed by atoms with Crippen LogP contribution in [0, 0.1) is 0 Å². The van der Waals surface area contributed by atoms with E-state index in [2.05, 4.69) is 4.98 Å². The van der Waals surface area contributed by atoms with Crippen molar-refractivity contribution < 1.29 is 14.3 Å². The van der Waals surface area contributed by atoms with Gasteiger partial charge in [0.1, 0.15) is 5.69 Å². The van der Waals surface area contributed by atoms with Crippen LogP contribution in [0.2, 0.25) is 0 Å². The molecule has 0 amide bonds. The molecule has 0 aliphatic heterocycles. The second-order valence-corrected chi connectivity index (χ2v) is 2.71. The van der Waals surface area contributed by atoms with Crippen LogP contribution in [0.25, 0.3) is 0 Å². The number of ether oxygens (including phenoxy) is 1. The van der Waals surface area contributed by atoms with Gasteiger partial charge in [-0.3, -0.25) is 9.78 Å². The molecule has 0 aliphatic rings. The second-order valence-electron chi connectivity index (χ2n) is 2.71. The summed E-state index contributed by atoms with van der Waals surface area (Å²) in [6.45, 7) is 3.44. The molecule has 0 saturated carbocycles. The average Bonchev–Trinajstić information content (AvgIpc) is 2.18. The number of carbonyl (C=O) groups excluding carboxylic acids is 2. The van der Waals surface area contributed by atoms with Gasteiger partial charge < -0.3 is 4.74 Å². The molecule has 0 unspecified atom stereocenters. The number of hydrogen-bond donors (Lipinski definition) is 0. The Hall–Kier alpha value is -1.71. The predicted molar refractivity (Wildman–Crippen MR) is 50.2 cm³/mol. The highest BCUT2D eigenvalue weighted by molar-refractivity contribution is 5.96. The third-order valence-corrected chi connectivity index (χ3v) is 1.63. The average molecular weight is 193 g/mol. The van der Waals surface area contributed by atoms with Gasteiger partial charge in [0.05, 0.1) is 12.2 Å². The first-order valence-corrected chi connectivity index (χ1v) is 4.29. The van der Waals surface area contributed by atoms with E-state index in [1.807, 2.05) is 0 Å². The summed E-state index contributed by atoms with van der Waals surface area (Å²) in [6, 6.07) is 2.95. The van der Waals surface area contributed by atoms with Gasteiger partial charge >= 0.3 is 5.97 Å². The molecule has 0 fully saturated rings. The molecule has 0 bridgehead atoms. The van der Waals surface area contributed by atoms with Crippen molar-refractivity contribution in [2.45, 2.75) is 13.8 Å². The summed E-state index contributed by atoms with van der Waals surface area (Å²) >= 11 is 0. The Bertz CT molecular complexity index is 360. The zero-order valence-corrected chi connectivity index (χ0v) is 8.11. The second kappa shape index (κ2) is 4.50. The summed E-state index contributed by atoms with van der Waals surface area (Å²) < 4.78 is 4.78. The fourth-order valence-corrected chi connectivity index (χ4v) is 0.964. The molecule has 4 heteroatoms. The third-order valence-electron chi connectivity index (χ3n) is 1.63. The SMILES string of the molecule is CCOC(=O)c1ccnc(C(C)=O)c1. The first-order valence-electron chi connectivity index (χ1n) is 4.29. The zero-order valence-electron chi connectivity index (χ0n) is 8.11. The molecular formula is C10H11NO3. The number of aromatic nitrogens is 1. The molecule has 1 rings (SSSR count). The van der Waals surface area contributed by atoms with E-state index in [-0.39, 0.29) is 11.5 Å². The quantitative estimate of drug-likeness (QED) is 0.538. The number of carbonyl (C=O) groups is 2. The monoisotopic (exact) mass is 193 g/mol. The maximum Gasteiger partial charge on any atom is 0.338 e. The summed E-state index contributed by atoms with van der Waals surface area (Å²) in [7, 11) is 0. The van der Waals surface area contributed by atoms with E-state index in [1.54, 1.807) is 6.92 Å². The Morgan fingerprint density at radius 2 is 2.21 bits per heavy atom. The molecular weight excluding hydrogens is 182 g/mol. The lowest BCUT2D eigenvalue weighted by Gasteiger charge is -2.01. The maximum atomic E-state index is 11.3. The largest absolute Gasteiger partial charge is 0.462 e. The number of esters is 1. The van der Waals surface area contributed by atoms with Crippen molar-refractivity contribution in [3.8, 4) is 0 Å². The van der Waals surface area contributed by atoms with Crippen molar-refractivity contribution in [1.29, 1.82) is 0 Å². The highest BCUT2D eigenvalue weighted by Gasteiger charge is 2.09. The van der Waals surface area contributed by atoms with Crippen LogP contribution in [0.3, 0.4) is 0 Å². The van der Waals surface area contributed by atoms with Crippen LogP contribution in [-0.4, -0.2) is 23.3 Å². The van der Waals surface area contributed by atoms with E-state index in [1.165, 1.54) is 25.3 Å². The lowest BCUT2D eigenvalue weighted by molar-refractivity contribution is 0.0526. The first kappa shape index (κ1) is 10.4. The van der Waals surface area contributed by atoms with Gasteiger partial charge in [-0.05, 0) is 19.1 Å². The van der Waals surface area contributed by atoms with Crippen molar-refractivity contribution in [3.63, 3.8) is 0 Å². The topological polar surface area (TPSA) is 56.3 Å². The van der Waals surface area contributed by atoms with Crippen molar-refractivity contribution in [2.24, 2.45) is 0 Å². The summed E-state index contributed by atoms with van der Waals surface area (Å²) in [4.78, 5) is 26.0. The Morgan fingerprint density at radius 1 is 1.50 bits per heavy atom. The normalized spacial score (nSPS) is 9.57. The molecule has 0 atom stereocenters. The third kappa shape index (κ3) is 2.39. The van der Waals surface area contributed by atoms with Gasteiger partial charge in [0, 0.05) is 13.1 Å². The minimum absolute atomic E-state index is 0.170. The molecule has 0 radical (unpaired) electrons. The van der Waals surface area contributed by atoms with Gasteiger partial charge in [0.2, 0.25) is 0 Å². The first-order chi connectivity index (χ1) is 6.65. The smallest absolute Gasteiger partial charge is 0.338 e. The lowest BCUT2D eigenvalue weighted by atomic mass is 10.2. The van der Waals surface area contributed by atoms with E-state index in [9.17, 15) is 9.59 Å². The van der Waals surface area contributed by atoms with Crippen LogP contribution >= 0.6 is 0 Å². The van der Waals surface area contributed by atoms with Gasteiger partial charge in [0.15, 0.2) is 5.78 Å². The molecule has 14 heavy (non-hydrogen) atoms. The van der Waals surface area contributed by atoms with E-state index >= 15 is 0 Å². The number of hydrogen-bond acceptors (Lipinski definition) is 4. The predicted octanol–water partition coefficient (Wildman–Crippen LogP) is 1.46. The van der Waals surface area contributed by atoms with E-state index in [0.29, 0.717) is 12.2 Å². The number of rotatable bonds is 3. The van der Waals surface area contributed by atoms with Gasteiger partial charge in [-0.15, -0.1) is 0 Å². The van der Waals surface area contributed by atoms with Crippen LogP contribution in [0.4, 0.5) is 0 Å². The maximum absolute atomic E-state index is 11.3. The van der Waals surface area contributed by atoms with E-state index in [4.69, 9.17) is 4.74 Å². The van der Waals surface area contributed by atoms with Crippen LogP contribution in [0.15, 0.2) is 18.3 Å². The Labute approximate surface area is 81.9 Å². The molecule has 0 spiro atoms. The molecule has 74 valence electrons. The highest BCUT2D eigenvalue weighted by atomic mass is 16.5. The van der Waals surface area contributed by atoms with Gasteiger partial charge in [0.25, 0.3) is 0 Å². The summed E-state index contributed by atoms with van der Waals surface area (Å²) in [5.41, 5.74) is 0.627. The van der Waals surface area contributed by atoms with Crippen LogP contribution in [-0.2, 0) is 4.74 Å². The van der Waals surface area contributed by atoms with Gasteiger partial charge in [-0.25, -0.2) is 4.79 Å². The fraction of sp³-hybridized carbons (Fsp3) is 0.300. The standard InChI is InChI=1S/C10H11NO3/c1-3-14-10(13)8-4-5-11-9(6-8)7(2)12/h4-6H,3H2,1-2H3. The van der Waals surface area contributed by atoms with E-state index in [0.717, 1.165) is 0 Å². The molecule has 0 N–H and O–H groups in total. The zero-order chi connectivity index (χ0) is 10.6. The number of nitrogens with zero attached hydrogens (tertiary/aromatic N) is 1. The summed E-state index contributed by atoms with van der Waals surface area (Å²) in [5, 5.41) is 0. The summed E-state index contributed by atoms with van der Waals surface area (Å²) in [5.74, 6) is -0.603. The highest BCUT2D eigenvalue weighted by Crippen LogP contribution is 2.04. The number of ketones is 1. The Morgan fingerprint density at radius 3 is 2.79 bits per heavy atom. The molecule has 1 heterocycles. The Kier molecular flexibility index (Phi) is 3.34. The minimum Gasteiger partial charge on any atom is -0.462 e. The Balaban J connectivity index is 2.93. The van der Waals surface area contributed by atoms with Gasteiger partial charge in [-0.2, -0.15) is 0 Å². The fourth-order valence-electron chi connectivity index (χ4n) is 0.964. The minimum atomic E-state index is -0.433. The van der Waals surface area contributed by atoms with Crippen molar-refractivity contribution in [3.05, 3.63) is 29.6 Å². The number of pyridine rings is 1. The summed E-state index contributed by atoms with van der Waals surface area (Å²) in [6.07, 6.45) is 1.42. The van der Waals surface area contributed by atoms with Crippen LogP contribution in [0.5, 0.6) is 0 Å². The molecule has 1 aromatic heterocycles. The molecule has 4 nitrogen and oxygen atoms in total. The lowest BCUT2D eigenvalue weighted by Crippen LogP contribution is -2.07. The molecule has 0 aliphatic carbocycles. The molecule has 1 aromatic rings. The number of Topliss-reactive ketones (excluding diaryl/α,β-unsaturated/α-hetero) is 1. The molecule has 0 saturated heterocycles. The van der Waals surface area contributed by atoms with Gasteiger partial charge in [-0.1, -0.05) is 0 Å².